The molecule has 0 N–H and O–H groups in total. The summed E-state index contributed by atoms with van der Waals surface area (Å²) in [4.78, 5) is 10.8. The maximum absolute atomic E-state index is 10.8. The smallest absolute Gasteiger partial charge is 0.330 e. The molecule has 68 valence electrons. The number of carbonyl (C=O) groups excluding carboxylic acids is 1. The number of methoxy groups -OCH3 is 1. The third-order valence-corrected chi connectivity index (χ3v) is 2.12. The maximum atomic E-state index is 10.8. The van der Waals surface area contributed by atoms with Crippen molar-refractivity contribution in [2.24, 2.45) is 0 Å². The Morgan fingerprint density at radius 3 is 2.77 bits per heavy atom. The Balaban J connectivity index is 2.80. The van der Waals surface area contributed by atoms with Crippen LogP contribution in [0.1, 0.15) is 5.56 Å². The van der Waals surface area contributed by atoms with Crippen LogP contribution in [0.5, 0.6) is 0 Å². The van der Waals surface area contributed by atoms with Gasteiger partial charge in [-0.1, -0.05) is 24.3 Å². The quantitative estimate of drug-likeness (QED) is 0.404. The summed E-state index contributed by atoms with van der Waals surface area (Å²) >= 11 is 0. The van der Waals surface area contributed by atoms with Crippen molar-refractivity contribution in [1.29, 1.82) is 0 Å². The van der Waals surface area contributed by atoms with Crippen LogP contribution in [0.2, 0.25) is 0 Å². The van der Waals surface area contributed by atoms with E-state index < -0.39 is 0 Å². The summed E-state index contributed by atoms with van der Waals surface area (Å²) in [6, 6.07) is 7.76. The number of esters is 1. The van der Waals surface area contributed by atoms with E-state index in [1.807, 2.05) is 24.3 Å². The molecule has 2 nitrogen and oxygen atoms in total. The first-order valence-corrected chi connectivity index (χ1v) is 4.42. The van der Waals surface area contributed by atoms with Crippen molar-refractivity contribution in [2.75, 3.05) is 7.11 Å². The predicted octanol–water partition coefficient (Wildman–Crippen LogP) is 1.37. The van der Waals surface area contributed by atoms with Gasteiger partial charge in [0.15, 0.2) is 0 Å². The van der Waals surface area contributed by atoms with Crippen molar-refractivity contribution < 1.29 is 9.53 Å². The Hall–Kier alpha value is -1.14. The predicted molar refractivity (Wildman–Crippen MR) is 56.8 cm³/mol. The highest BCUT2D eigenvalue weighted by molar-refractivity contribution is 7.27. The van der Waals surface area contributed by atoms with Crippen molar-refractivity contribution in [3.05, 3.63) is 35.9 Å². The fourth-order valence-electron chi connectivity index (χ4n) is 0.889. The average molecular weight is 194 g/mol. The molecule has 1 aromatic rings. The van der Waals surface area contributed by atoms with Gasteiger partial charge in [0.05, 0.1) is 7.11 Å². The van der Waals surface area contributed by atoms with Gasteiger partial charge in [-0.25, -0.2) is 4.79 Å². The molecule has 3 heteroatoms. The molecular weight excluding hydrogens is 183 g/mol. The fraction of sp³-hybridized carbons (Fsp3) is 0.100. The standard InChI is InChI=1S/C10H11O2P/c1-12-10(11)7-6-8-4-2-3-5-9(8)13/h2-7H,13H2,1H3/b7-6+. The van der Waals surface area contributed by atoms with Gasteiger partial charge in [-0.15, -0.1) is 9.24 Å². The molecule has 1 rings (SSSR count). The van der Waals surface area contributed by atoms with Crippen molar-refractivity contribution in [3.63, 3.8) is 0 Å². The SMILES string of the molecule is COC(=O)/C=C/c1ccccc1P. The topological polar surface area (TPSA) is 26.3 Å². The number of rotatable bonds is 2. The summed E-state index contributed by atoms with van der Waals surface area (Å²) in [5.41, 5.74) is 0.998. The highest BCUT2D eigenvalue weighted by atomic mass is 31.0. The Kier molecular flexibility index (Phi) is 3.66. The summed E-state index contributed by atoms with van der Waals surface area (Å²) in [6.07, 6.45) is 3.14. The van der Waals surface area contributed by atoms with E-state index in [0.29, 0.717) is 0 Å². The van der Waals surface area contributed by atoms with Gasteiger partial charge in [0.25, 0.3) is 0 Å². The van der Waals surface area contributed by atoms with Crippen LogP contribution in [0, 0.1) is 0 Å². The Morgan fingerprint density at radius 1 is 1.46 bits per heavy atom. The lowest BCUT2D eigenvalue weighted by Crippen LogP contribution is -1.97. The van der Waals surface area contributed by atoms with Crippen molar-refractivity contribution >= 4 is 26.6 Å². The summed E-state index contributed by atoms with van der Waals surface area (Å²) in [5, 5.41) is 1.06. The highest BCUT2D eigenvalue weighted by Gasteiger charge is 1.93. The number of carbonyl (C=O) groups is 1. The molecule has 1 unspecified atom stereocenters. The molecule has 1 aromatic carbocycles. The lowest BCUT2D eigenvalue weighted by atomic mass is 10.2. The van der Waals surface area contributed by atoms with Crippen LogP contribution < -0.4 is 5.30 Å². The van der Waals surface area contributed by atoms with Gasteiger partial charge in [-0.05, 0) is 16.9 Å². The third-order valence-electron chi connectivity index (χ3n) is 1.60. The van der Waals surface area contributed by atoms with Gasteiger partial charge < -0.3 is 4.74 Å². The summed E-state index contributed by atoms with van der Waals surface area (Å²) in [5.74, 6) is -0.340. The minimum absolute atomic E-state index is 0.340. The van der Waals surface area contributed by atoms with E-state index in [-0.39, 0.29) is 5.97 Å². The first kappa shape index (κ1) is 9.94. The first-order valence-electron chi connectivity index (χ1n) is 3.84. The normalized spacial score (nSPS) is 10.3. The Morgan fingerprint density at radius 2 is 2.15 bits per heavy atom. The second kappa shape index (κ2) is 4.78. The molecule has 0 amide bonds. The average Bonchev–Trinajstić information content (AvgIpc) is 2.16. The van der Waals surface area contributed by atoms with Crippen LogP contribution in [-0.2, 0) is 9.53 Å². The molecule has 0 radical (unpaired) electrons. The molecule has 1 atom stereocenters. The van der Waals surface area contributed by atoms with E-state index in [2.05, 4.69) is 14.0 Å². The van der Waals surface area contributed by atoms with E-state index in [4.69, 9.17) is 0 Å². The number of benzene rings is 1. The van der Waals surface area contributed by atoms with Crippen molar-refractivity contribution in [2.45, 2.75) is 0 Å². The minimum Gasteiger partial charge on any atom is -0.466 e. The zero-order valence-corrected chi connectivity index (χ0v) is 8.51. The molecule has 0 aliphatic rings. The number of hydrogen-bond donors (Lipinski definition) is 0. The van der Waals surface area contributed by atoms with Crippen LogP contribution in [-0.4, -0.2) is 13.1 Å². The monoisotopic (exact) mass is 194 g/mol. The molecule has 0 aromatic heterocycles. The van der Waals surface area contributed by atoms with Crippen LogP contribution in [0.15, 0.2) is 30.3 Å². The van der Waals surface area contributed by atoms with Gasteiger partial charge in [0.1, 0.15) is 0 Å². The van der Waals surface area contributed by atoms with E-state index in [9.17, 15) is 4.79 Å². The number of hydrogen-bond acceptors (Lipinski definition) is 2. The summed E-state index contributed by atoms with van der Waals surface area (Å²) in [6.45, 7) is 0. The third kappa shape index (κ3) is 3.00. The molecule has 0 saturated heterocycles. The maximum Gasteiger partial charge on any atom is 0.330 e. The second-order valence-electron chi connectivity index (χ2n) is 2.49. The van der Waals surface area contributed by atoms with Gasteiger partial charge in [-0.3, -0.25) is 0 Å². The zero-order chi connectivity index (χ0) is 9.68. The van der Waals surface area contributed by atoms with Crippen LogP contribution in [0.3, 0.4) is 0 Å². The lowest BCUT2D eigenvalue weighted by molar-refractivity contribution is -0.134. The molecule has 0 saturated carbocycles. The highest BCUT2D eigenvalue weighted by Crippen LogP contribution is 2.02. The molecule has 13 heavy (non-hydrogen) atoms. The van der Waals surface area contributed by atoms with Crippen molar-refractivity contribution in [3.8, 4) is 0 Å². The Labute approximate surface area is 79.8 Å². The van der Waals surface area contributed by atoms with E-state index >= 15 is 0 Å². The van der Waals surface area contributed by atoms with Gasteiger partial charge >= 0.3 is 5.97 Å². The van der Waals surface area contributed by atoms with Crippen molar-refractivity contribution in [1.82, 2.24) is 0 Å². The molecule has 0 spiro atoms. The van der Waals surface area contributed by atoms with E-state index in [1.165, 1.54) is 13.2 Å². The number of ether oxygens (including phenoxy) is 1. The van der Waals surface area contributed by atoms with E-state index in [1.54, 1.807) is 6.08 Å². The molecule has 0 bridgehead atoms. The van der Waals surface area contributed by atoms with Gasteiger partial charge in [0.2, 0.25) is 0 Å². The Bertz CT molecular complexity index is 331. The first-order chi connectivity index (χ1) is 6.24. The fourth-order valence-corrected chi connectivity index (χ4v) is 1.19. The second-order valence-corrected chi connectivity index (χ2v) is 3.11. The molecule has 0 heterocycles. The lowest BCUT2D eigenvalue weighted by Gasteiger charge is -1.97. The van der Waals surface area contributed by atoms with Gasteiger partial charge in [-0.2, -0.15) is 0 Å². The van der Waals surface area contributed by atoms with Crippen LogP contribution in [0.25, 0.3) is 6.08 Å². The van der Waals surface area contributed by atoms with Crippen LogP contribution in [0.4, 0.5) is 0 Å². The zero-order valence-electron chi connectivity index (χ0n) is 7.36. The molecule has 0 aliphatic carbocycles. The molecule has 0 fully saturated rings. The van der Waals surface area contributed by atoms with Crippen LogP contribution >= 0.6 is 9.24 Å². The van der Waals surface area contributed by atoms with E-state index in [0.717, 1.165) is 10.9 Å². The van der Waals surface area contributed by atoms with Gasteiger partial charge in [0, 0.05) is 6.08 Å². The molecular formula is C10H11O2P. The summed E-state index contributed by atoms with van der Waals surface area (Å²) < 4.78 is 4.48. The molecule has 0 aliphatic heterocycles. The summed E-state index contributed by atoms with van der Waals surface area (Å²) in [7, 11) is 3.97. The largest absolute Gasteiger partial charge is 0.466 e. The minimum atomic E-state index is -0.340.